The first kappa shape index (κ1) is 21.4. The smallest absolute Gasteiger partial charge is 0.340 e. The van der Waals surface area contributed by atoms with Crippen LogP contribution >= 0.6 is 11.8 Å². The van der Waals surface area contributed by atoms with Crippen LogP contribution in [0.4, 0.5) is 0 Å². The molecular formula is C18H21N3O6S. The number of ketones is 1. The summed E-state index contributed by atoms with van der Waals surface area (Å²) < 4.78 is 9.58. The van der Waals surface area contributed by atoms with E-state index in [1.54, 1.807) is 20.8 Å². The number of rotatable bonds is 8. The van der Waals surface area contributed by atoms with Crippen molar-refractivity contribution in [1.29, 1.82) is 0 Å². The second-order valence-electron chi connectivity index (χ2n) is 5.85. The summed E-state index contributed by atoms with van der Waals surface area (Å²) in [5.41, 5.74) is 1.55. The Kier molecular flexibility index (Phi) is 7.16. The molecule has 0 spiro atoms. The van der Waals surface area contributed by atoms with Gasteiger partial charge in [0.15, 0.2) is 10.9 Å². The molecule has 0 aliphatic rings. The van der Waals surface area contributed by atoms with Gasteiger partial charge in [0.2, 0.25) is 0 Å². The number of methoxy groups -OCH3 is 1. The Balaban J connectivity index is 2.15. The van der Waals surface area contributed by atoms with Gasteiger partial charge in [-0.3, -0.25) is 14.4 Å². The van der Waals surface area contributed by atoms with Crippen LogP contribution in [0.25, 0.3) is 0 Å². The van der Waals surface area contributed by atoms with Crippen molar-refractivity contribution in [1.82, 2.24) is 15.0 Å². The highest BCUT2D eigenvalue weighted by Gasteiger charge is 2.23. The standard InChI is InChI=1S/C18H21N3O6S/c1-5-27-17(25)15-9(2)16(19-10(15)3)12(22)8-28-18-20-11(6-13(23)21-18)7-14(24)26-4/h6,19H,5,7-8H2,1-4H3,(H,20,21,23). The Morgan fingerprint density at radius 1 is 1.21 bits per heavy atom. The van der Waals surface area contributed by atoms with Crippen LogP contribution in [0.15, 0.2) is 16.0 Å². The molecule has 0 atom stereocenters. The number of hydrogen-bond acceptors (Lipinski definition) is 8. The van der Waals surface area contributed by atoms with Crippen molar-refractivity contribution in [2.45, 2.75) is 32.3 Å². The van der Waals surface area contributed by atoms with E-state index in [2.05, 4.69) is 19.7 Å². The van der Waals surface area contributed by atoms with E-state index in [0.717, 1.165) is 11.8 Å². The van der Waals surface area contributed by atoms with Crippen LogP contribution in [0.5, 0.6) is 0 Å². The topological polar surface area (TPSA) is 131 Å². The van der Waals surface area contributed by atoms with Crippen LogP contribution in [0, 0.1) is 13.8 Å². The number of aromatic nitrogens is 3. The van der Waals surface area contributed by atoms with Crippen LogP contribution in [0.1, 0.15) is 44.7 Å². The molecule has 10 heteroatoms. The Morgan fingerprint density at radius 3 is 2.57 bits per heavy atom. The van der Waals surface area contributed by atoms with Crippen molar-refractivity contribution < 1.29 is 23.9 Å². The second kappa shape index (κ2) is 9.36. The van der Waals surface area contributed by atoms with Gasteiger partial charge in [-0.1, -0.05) is 11.8 Å². The molecule has 2 aromatic rings. The van der Waals surface area contributed by atoms with Crippen molar-refractivity contribution in [3.8, 4) is 0 Å². The molecular weight excluding hydrogens is 386 g/mol. The fourth-order valence-corrected chi connectivity index (χ4v) is 3.37. The zero-order valence-corrected chi connectivity index (χ0v) is 16.8. The molecule has 2 rings (SSSR count). The summed E-state index contributed by atoms with van der Waals surface area (Å²) in [7, 11) is 1.25. The van der Waals surface area contributed by atoms with Crippen LogP contribution in [-0.4, -0.2) is 52.1 Å². The van der Waals surface area contributed by atoms with Crippen molar-refractivity contribution >= 4 is 29.5 Å². The number of esters is 2. The van der Waals surface area contributed by atoms with Crippen molar-refractivity contribution in [2.75, 3.05) is 19.5 Å². The highest BCUT2D eigenvalue weighted by atomic mass is 32.2. The minimum absolute atomic E-state index is 0.0202. The summed E-state index contributed by atoms with van der Waals surface area (Å²) in [6, 6.07) is 1.20. The molecule has 0 aromatic carbocycles. The number of nitrogens with zero attached hydrogens (tertiary/aromatic N) is 1. The molecule has 2 aromatic heterocycles. The number of carbonyl (C=O) groups is 3. The molecule has 0 aliphatic heterocycles. The van der Waals surface area contributed by atoms with Gasteiger partial charge in [0.25, 0.3) is 5.56 Å². The van der Waals surface area contributed by atoms with Gasteiger partial charge in [0.05, 0.1) is 42.8 Å². The number of aryl methyl sites for hydroxylation is 1. The summed E-state index contributed by atoms with van der Waals surface area (Å²) in [4.78, 5) is 57.3. The number of Topliss-reactive ketones (excluding diaryl/α,β-unsaturated/α-hetero) is 1. The molecule has 9 nitrogen and oxygen atoms in total. The predicted molar refractivity (Wildman–Crippen MR) is 102 cm³/mol. The molecule has 0 bridgehead atoms. The first-order valence-corrected chi connectivity index (χ1v) is 9.44. The monoisotopic (exact) mass is 407 g/mol. The van der Waals surface area contributed by atoms with E-state index in [1.165, 1.54) is 13.2 Å². The average Bonchev–Trinajstić information content (AvgIpc) is 2.93. The number of carbonyl (C=O) groups excluding carboxylic acids is 3. The first-order chi connectivity index (χ1) is 13.3. The van der Waals surface area contributed by atoms with Gasteiger partial charge >= 0.3 is 11.9 Å². The normalized spacial score (nSPS) is 10.6. The highest BCUT2D eigenvalue weighted by Crippen LogP contribution is 2.22. The van der Waals surface area contributed by atoms with Gasteiger partial charge in [-0.25, -0.2) is 9.78 Å². The zero-order valence-electron chi connectivity index (χ0n) is 16.0. The van der Waals surface area contributed by atoms with Crippen LogP contribution in [-0.2, 0) is 20.7 Å². The molecule has 0 radical (unpaired) electrons. The van der Waals surface area contributed by atoms with Gasteiger partial charge in [0.1, 0.15) is 0 Å². The minimum Gasteiger partial charge on any atom is -0.469 e. The van der Waals surface area contributed by atoms with E-state index in [4.69, 9.17) is 4.74 Å². The Labute approximate surface area is 165 Å². The fourth-order valence-electron chi connectivity index (χ4n) is 2.61. The van der Waals surface area contributed by atoms with Crippen molar-refractivity contribution in [3.63, 3.8) is 0 Å². The molecule has 0 unspecified atom stereocenters. The van der Waals surface area contributed by atoms with Crippen molar-refractivity contribution in [3.05, 3.63) is 44.6 Å². The molecule has 0 aliphatic carbocycles. The molecule has 2 heterocycles. The van der Waals surface area contributed by atoms with Crippen LogP contribution < -0.4 is 5.56 Å². The third kappa shape index (κ3) is 5.10. The zero-order chi connectivity index (χ0) is 20.8. The molecule has 0 saturated heterocycles. The lowest BCUT2D eigenvalue weighted by Gasteiger charge is -2.04. The van der Waals surface area contributed by atoms with Gasteiger partial charge < -0.3 is 19.4 Å². The molecule has 0 amide bonds. The SMILES string of the molecule is CCOC(=O)c1c(C)[nH]c(C(=O)CSc2nc(CC(=O)OC)cc(=O)[nH]2)c1C. The third-order valence-corrected chi connectivity index (χ3v) is 4.74. The fraction of sp³-hybridized carbons (Fsp3) is 0.389. The van der Waals surface area contributed by atoms with Crippen molar-refractivity contribution in [2.24, 2.45) is 0 Å². The van der Waals surface area contributed by atoms with Gasteiger partial charge in [-0.05, 0) is 26.3 Å². The van der Waals surface area contributed by atoms with Crippen LogP contribution in [0.2, 0.25) is 0 Å². The summed E-state index contributed by atoms with van der Waals surface area (Å²) in [6.07, 6.45) is -0.139. The summed E-state index contributed by atoms with van der Waals surface area (Å²) in [5.74, 6) is -1.29. The molecule has 0 fully saturated rings. The molecule has 150 valence electrons. The number of hydrogen-bond donors (Lipinski definition) is 2. The lowest BCUT2D eigenvalue weighted by atomic mass is 10.1. The number of H-pyrrole nitrogens is 2. The van der Waals surface area contributed by atoms with Gasteiger partial charge in [-0.2, -0.15) is 0 Å². The summed E-state index contributed by atoms with van der Waals surface area (Å²) in [5, 5.41) is 0.214. The quantitative estimate of drug-likeness (QED) is 0.292. The average molecular weight is 407 g/mol. The maximum atomic E-state index is 12.6. The maximum absolute atomic E-state index is 12.6. The van der Waals surface area contributed by atoms with E-state index in [9.17, 15) is 19.2 Å². The maximum Gasteiger partial charge on any atom is 0.340 e. The number of thioether (sulfide) groups is 1. The van der Waals surface area contributed by atoms with E-state index in [1.807, 2.05) is 0 Å². The highest BCUT2D eigenvalue weighted by molar-refractivity contribution is 7.99. The second-order valence-corrected chi connectivity index (χ2v) is 6.82. The molecule has 28 heavy (non-hydrogen) atoms. The van der Waals surface area contributed by atoms with Gasteiger partial charge in [0, 0.05) is 11.8 Å². The Morgan fingerprint density at radius 2 is 1.93 bits per heavy atom. The number of nitrogens with one attached hydrogen (secondary N) is 2. The summed E-state index contributed by atoms with van der Waals surface area (Å²) >= 11 is 1.02. The lowest BCUT2D eigenvalue weighted by molar-refractivity contribution is -0.139. The number of ether oxygens (including phenoxy) is 2. The number of aromatic amines is 2. The molecule has 2 N–H and O–H groups in total. The summed E-state index contributed by atoms with van der Waals surface area (Å²) in [6.45, 7) is 5.31. The Hall–Kier alpha value is -2.88. The lowest BCUT2D eigenvalue weighted by Crippen LogP contribution is -2.14. The molecule has 0 saturated carbocycles. The van der Waals surface area contributed by atoms with E-state index in [0.29, 0.717) is 22.5 Å². The van der Waals surface area contributed by atoms with E-state index >= 15 is 0 Å². The third-order valence-electron chi connectivity index (χ3n) is 3.86. The first-order valence-electron chi connectivity index (χ1n) is 8.46. The predicted octanol–water partition coefficient (Wildman–Crippen LogP) is 1.58. The van der Waals surface area contributed by atoms with Crippen LogP contribution in [0.3, 0.4) is 0 Å². The van der Waals surface area contributed by atoms with E-state index in [-0.39, 0.29) is 35.4 Å². The van der Waals surface area contributed by atoms with Gasteiger partial charge in [-0.15, -0.1) is 0 Å². The largest absolute Gasteiger partial charge is 0.469 e. The minimum atomic E-state index is -0.519. The Bertz CT molecular complexity index is 963. The van der Waals surface area contributed by atoms with E-state index < -0.39 is 17.5 Å².